The maximum Gasteiger partial charge on any atom is 0.320 e. The van der Waals surface area contributed by atoms with Crippen molar-refractivity contribution < 1.29 is 18.1 Å². The molecular weight excluding hydrogens is 394 g/mol. The van der Waals surface area contributed by atoms with E-state index < -0.39 is 26.3 Å². The van der Waals surface area contributed by atoms with Crippen molar-refractivity contribution in [1.29, 1.82) is 0 Å². The van der Waals surface area contributed by atoms with E-state index in [1.165, 1.54) is 36.4 Å². The van der Waals surface area contributed by atoms with Crippen LogP contribution in [-0.2, 0) is 9.84 Å². The van der Waals surface area contributed by atoms with Gasteiger partial charge in [-0.3, -0.25) is 15.0 Å². The summed E-state index contributed by atoms with van der Waals surface area (Å²) >= 11 is 6.22. The zero-order valence-corrected chi connectivity index (χ0v) is 16.0. The van der Waals surface area contributed by atoms with Gasteiger partial charge >= 0.3 is 6.03 Å². The minimum Gasteiger partial charge on any atom is -0.351 e. The number of alkyl halides is 1. The van der Waals surface area contributed by atoms with Crippen molar-refractivity contribution in [2.45, 2.75) is 23.7 Å². The molecule has 2 amide bonds. The molecule has 144 valence electrons. The zero-order valence-electron chi connectivity index (χ0n) is 14.4. The van der Waals surface area contributed by atoms with Crippen LogP contribution in [0.3, 0.4) is 0 Å². The summed E-state index contributed by atoms with van der Waals surface area (Å²) in [6.45, 7) is 1.77. The van der Waals surface area contributed by atoms with Crippen LogP contribution in [0.5, 0.6) is 0 Å². The molecule has 0 saturated heterocycles. The number of carbonyl (C=O) groups is 1. The molecule has 10 heteroatoms. The number of para-hydroxylation sites is 2. The molecule has 0 aromatic heterocycles. The number of primary amides is 1. The second-order valence-corrected chi connectivity index (χ2v) is 8.43. The number of amides is 2. The van der Waals surface area contributed by atoms with Gasteiger partial charge in [0, 0.05) is 6.07 Å². The van der Waals surface area contributed by atoms with Gasteiger partial charge in [0.2, 0.25) is 0 Å². The third-order valence-electron chi connectivity index (χ3n) is 3.83. The highest BCUT2D eigenvalue weighted by Gasteiger charge is 2.29. The Morgan fingerprint density at radius 3 is 2.52 bits per heavy atom. The van der Waals surface area contributed by atoms with Gasteiger partial charge in [-0.15, -0.1) is 0 Å². The first-order valence-electron chi connectivity index (χ1n) is 7.89. The number of rotatable bonds is 7. The summed E-state index contributed by atoms with van der Waals surface area (Å²) in [5.41, 5.74) is 4.50. The Hall–Kier alpha value is -2.65. The number of aryl methyl sites for hydroxylation is 1. The molecule has 1 atom stereocenters. The number of hydrogen-bond acceptors (Lipinski definition) is 5. The van der Waals surface area contributed by atoms with Crippen LogP contribution in [0.15, 0.2) is 53.4 Å². The van der Waals surface area contributed by atoms with Gasteiger partial charge in [-0.2, -0.15) is 0 Å². The Labute approximate surface area is 161 Å². The fraction of sp³-hybridized carbons (Fsp3) is 0.235. The SMILES string of the molecule is Cc1cccc(S(=O)(=O)CCC(Cl)N(C(N)=O)c2ccccc2[N+](=O)[O-])c1. The number of benzene rings is 2. The molecule has 2 rings (SSSR count). The Morgan fingerprint density at radius 1 is 1.26 bits per heavy atom. The lowest BCUT2D eigenvalue weighted by molar-refractivity contribution is -0.384. The fourth-order valence-electron chi connectivity index (χ4n) is 2.54. The van der Waals surface area contributed by atoms with Gasteiger partial charge in [0.05, 0.1) is 15.6 Å². The summed E-state index contributed by atoms with van der Waals surface area (Å²) in [6, 6.07) is 10.9. The predicted octanol–water partition coefficient (Wildman–Crippen LogP) is 3.22. The van der Waals surface area contributed by atoms with E-state index in [0.717, 1.165) is 10.5 Å². The number of hydrogen-bond donors (Lipinski definition) is 1. The van der Waals surface area contributed by atoms with E-state index >= 15 is 0 Å². The maximum atomic E-state index is 12.5. The Morgan fingerprint density at radius 2 is 1.93 bits per heavy atom. The monoisotopic (exact) mass is 411 g/mol. The number of urea groups is 1. The molecular formula is C17H18ClN3O5S. The summed E-state index contributed by atoms with van der Waals surface area (Å²) in [5.74, 6) is -0.352. The zero-order chi connectivity index (χ0) is 20.2. The Kier molecular flexibility index (Phi) is 6.40. The standard InChI is InChI=1S/C17H18ClN3O5S/c1-12-5-4-6-13(11-12)27(25,26)10-9-16(18)20(17(19)22)14-7-2-3-8-15(14)21(23)24/h2-8,11,16H,9-10H2,1H3,(H2,19,22). The molecule has 2 N–H and O–H groups in total. The first kappa shape index (κ1) is 20.7. The number of sulfone groups is 1. The molecule has 0 fully saturated rings. The van der Waals surface area contributed by atoms with Crippen LogP contribution >= 0.6 is 11.6 Å². The van der Waals surface area contributed by atoms with E-state index in [-0.39, 0.29) is 28.4 Å². The van der Waals surface area contributed by atoms with Crippen LogP contribution in [0.25, 0.3) is 0 Å². The summed E-state index contributed by atoms with van der Waals surface area (Å²) in [5, 5.41) is 11.2. The normalized spacial score (nSPS) is 12.4. The molecule has 0 aliphatic carbocycles. The van der Waals surface area contributed by atoms with Crippen molar-refractivity contribution in [2.24, 2.45) is 5.73 Å². The first-order valence-corrected chi connectivity index (χ1v) is 9.98. The Balaban J connectivity index is 2.25. The molecule has 0 saturated carbocycles. The summed E-state index contributed by atoms with van der Waals surface area (Å²) in [6.07, 6.45) is -0.160. The maximum absolute atomic E-state index is 12.5. The van der Waals surface area contributed by atoms with Crippen LogP contribution in [0.4, 0.5) is 16.2 Å². The average molecular weight is 412 g/mol. The number of nitrogens with zero attached hydrogens (tertiary/aromatic N) is 2. The third kappa shape index (κ3) is 4.95. The van der Waals surface area contributed by atoms with Crippen molar-refractivity contribution >= 4 is 38.8 Å². The molecule has 27 heavy (non-hydrogen) atoms. The number of nitro groups is 1. The molecule has 2 aromatic carbocycles. The van der Waals surface area contributed by atoms with Crippen molar-refractivity contribution in [2.75, 3.05) is 10.7 Å². The van der Waals surface area contributed by atoms with Gasteiger partial charge < -0.3 is 5.73 Å². The number of halogens is 1. The number of nitrogens with two attached hydrogens (primary N) is 1. The summed E-state index contributed by atoms with van der Waals surface area (Å²) in [4.78, 5) is 23.3. The smallest absolute Gasteiger partial charge is 0.320 e. The topological polar surface area (TPSA) is 124 Å². The minimum absolute atomic E-state index is 0.0945. The molecule has 0 aliphatic heterocycles. The largest absolute Gasteiger partial charge is 0.351 e. The lowest BCUT2D eigenvalue weighted by Crippen LogP contribution is -2.42. The summed E-state index contributed by atoms with van der Waals surface area (Å²) < 4.78 is 25.0. The van der Waals surface area contributed by atoms with Crippen molar-refractivity contribution in [3.8, 4) is 0 Å². The minimum atomic E-state index is -3.64. The van der Waals surface area contributed by atoms with Gasteiger partial charge in [-0.25, -0.2) is 13.2 Å². The van der Waals surface area contributed by atoms with E-state index in [0.29, 0.717) is 0 Å². The highest BCUT2D eigenvalue weighted by Crippen LogP contribution is 2.31. The third-order valence-corrected chi connectivity index (χ3v) is 5.99. The van der Waals surface area contributed by atoms with Crippen LogP contribution in [0.1, 0.15) is 12.0 Å². The lowest BCUT2D eigenvalue weighted by atomic mass is 10.2. The second-order valence-electron chi connectivity index (χ2n) is 5.81. The fourth-order valence-corrected chi connectivity index (χ4v) is 4.40. The molecule has 2 aromatic rings. The molecule has 0 heterocycles. The van der Waals surface area contributed by atoms with E-state index in [1.54, 1.807) is 19.1 Å². The van der Waals surface area contributed by atoms with Crippen molar-refractivity contribution in [3.63, 3.8) is 0 Å². The first-order chi connectivity index (χ1) is 12.6. The van der Waals surface area contributed by atoms with Gasteiger partial charge in [0.15, 0.2) is 9.84 Å². The molecule has 8 nitrogen and oxygen atoms in total. The predicted molar refractivity (Wildman–Crippen MR) is 103 cm³/mol. The molecule has 0 spiro atoms. The van der Waals surface area contributed by atoms with Crippen molar-refractivity contribution in [3.05, 3.63) is 64.2 Å². The quantitative estimate of drug-likeness (QED) is 0.324. The second kappa shape index (κ2) is 8.36. The lowest BCUT2D eigenvalue weighted by Gasteiger charge is -2.25. The van der Waals surface area contributed by atoms with Crippen LogP contribution < -0.4 is 10.6 Å². The van der Waals surface area contributed by atoms with E-state index in [4.69, 9.17) is 17.3 Å². The van der Waals surface area contributed by atoms with E-state index in [1.807, 2.05) is 0 Å². The molecule has 1 unspecified atom stereocenters. The van der Waals surface area contributed by atoms with Gasteiger partial charge in [0.25, 0.3) is 5.69 Å². The van der Waals surface area contributed by atoms with Gasteiger partial charge in [-0.05, 0) is 37.1 Å². The number of nitro benzene ring substituents is 1. The molecule has 0 bridgehead atoms. The molecule has 0 aliphatic rings. The van der Waals surface area contributed by atoms with E-state index in [9.17, 15) is 23.3 Å². The van der Waals surface area contributed by atoms with Crippen molar-refractivity contribution in [1.82, 2.24) is 0 Å². The van der Waals surface area contributed by atoms with Crippen LogP contribution in [-0.4, -0.2) is 30.6 Å². The van der Waals surface area contributed by atoms with Gasteiger partial charge in [-0.1, -0.05) is 35.9 Å². The highest BCUT2D eigenvalue weighted by atomic mass is 35.5. The molecule has 0 radical (unpaired) electrons. The average Bonchev–Trinajstić information content (AvgIpc) is 2.60. The Bertz CT molecular complexity index is 965. The highest BCUT2D eigenvalue weighted by molar-refractivity contribution is 7.91. The van der Waals surface area contributed by atoms with Crippen LogP contribution in [0.2, 0.25) is 0 Å². The summed E-state index contributed by atoms with van der Waals surface area (Å²) in [7, 11) is -3.64. The number of anilines is 1. The van der Waals surface area contributed by atoms with Crippen LogP contribution in [0, 0.1) is 17.0 Å². The number of carbonyl (C=O) groups excluding carboxylic acids is 1. The van der Waals surface area contributed by atoms with Gasteiger partial charge in [0.1, 0.15) is 11.2 Å². The van der Waals surface area contributed by atoms with E-state index in [2.05, 4.69) is 0 Å².